The molecule has 6 heteroatoms. The highest BCUT2D eigenvalue weighted by molar-refractivity contribution is 7.91. The lowest BCUT2D eigenvalue weighted by Gasteiger charge is -2.19. The highest BCUT2D eigenvalue weighted by Crippen LogP contribution is 2.23. The second-order valence-electron chi connectivity index (χ2n) is 5.77. The molecule has 0 aromatic heterocycles. The zero-order chi connectivity index (χ0) is 16.3. The van der Waals surface area contributed by atoms with E-state index >= 15 is 0 Å². The second-order valence-corrected chi connectivity index (χ2v) is 8.09. The van der Waals surface area contributed by atoms with Gasteiger partial charge in [-0.25, -0.2) is 13.2 Å². The van der Waals surface area contributed by atoms with Crippen molar-refractivity contribution in [3.05, 3.63) is 29.3 Å². The van der Waals surface area contributed by atoms with Gasteiger partial charge in [0.25, 0.3) is 0 Å². The third-order valence-corrected chi connectivity index (χ3v) is 5.88. The quantitative estimate of drug-likeness (QED) is 0.925. The number of amides is 2. The lowest BCUT2D eigenvalue weighted by molar-refractivity contribution is 0.222. The van der Waals surface area contributed by atoms with Crippen LogP contribution >= 0.6 is 0 Å². The maximum absolute atomic E-state index is 12.4. The zero-order valence-corrected chi connectivity index (χ0v) is 14.2. The SMILES string of the molecule is CCc1cccc(NC(=O)N2CC[C@@H](S(C)(=O)=O)C2)c1CC. The Labute approximate surface area is 132 Å². The van der Waals surface area contributed by atoms with Crippen LogP contribution in [0.1, 0.15) is 31.4 Å². The highest BCUT2D eigenvalue weighted by Gasteiger charge is 2.32. The predicted octanol–water partition coefficient (Wildman–Crippen LogP) is 2.46. The van der Waals surface area contributed by atoms with Gasteiger partial charge in [0.15, 0.2) is 9.84 Å². The molecule has 0 radical (unpaired) electrons. The Morgan fingerprint density at radius 2 is 2.05 bits per heavy atom. The topological polar surface area (TPSA) is 66.5 Å². The minimum Gasteiger partial charge on any atom is -0.323 e. The van der Waals surface area contributed by atoms with E-state index in [2.05, 4.69) is 25.2 Å². The van der Waals surface area contributed by atoms with Gasteiger partial charge in [0, 0.05) is 25.0 Å². The molecule has 0 unspecified atom stereocenters. The van der Waals surface area contributed by atoms with Crippen LogP contribution in [-0.2, 0) is 22.7 Å². The molecule has 1 aliphatic rings. The number of carbonyl (C=O) groups is 1. The van der Waals surface area contributed by atoms with E-state index in [0.29, 0.717) is 13.0 Å². The Balaban J connectivity index is 2.11. The van der Waals surface area contributed by atoms with Crippen LogP contribution in [0.3, 0.4) is 0 Å². The van der Waals surface area contributed by atoms with Crippen molar-refractivity contribution in [2.45, 2.75) is 38.4 Å². The summed E-state index contributed by atoms with van der Waals surface area (Å²) in [6.45, 7) is 4.93. The van der Waals surface area contributed by atoms with E-state index in [-0.39, 0.29) is 12.6 Å². The van der Waals surface area contributed by atoms with E-state index in [9.17, 15) is 13.2 Å². The van der Waals surface area contributed by atoms with Crippen molar-refractivity contribution in [1.29, 1.82) is 0 Å². The van der Waals surface area contributed by atoms with E-state index in [1.807, 2.05) is 12.1 Å². The lowest BCUT2D eigenvalue weighted by Crippen LogP contribution is -2.35. The van der Waals surface area contributed by atoms with Gasteiger partial charge in [-0.2, -0.15) is 0 Å². The van der Waals surface area contributed by atoms with Crippen LogP contribution in [0, 0.1) is 0 Å². The molecule has 22 heavy (non-hydrogen) atoms. The maximum atomic E-state index is 12.4. The molecule has 0 aliphatic carbocycles. The molecule has 1 aliphatic heterocycles. The molecule has 0 saturated carbocycles. The van der Waals surface area contributed by atoms with Gasteiger partial charge in [0.1, 0.15) is 0 Å². The first-order chi connectivity index (χ1) is 10.4. The van der Waals surface area contributed by atoms with Gasteiger partial charge in [0.05, 0.1) is 5.25 Å². The van der Waals surface area contributed by atoms with Gasteiger partial charge in [0.2, 0.25) is 0 Å². The number of nitrogens with zero attached hydrogens (tertiary/aromatic N) is 1. The van der Waals surface area contributed by atoms with E-state index < -0.39 is 15.1 Å². The van der Waals surface area contributed by atoms with Gasteiger partial charge >= 0.3 is 6.03 Å². The summed E-state index contributed by atoms with van der Waals surface area (Å²) in [4.78, 5) is 14.0. The Morgan fingerprint density at radius 1 is 1.32 bits per heavy atom. The summed E-state index contributed by atoms with van der Waals surface area (Å²) in [6.07, 6.45) is 3.53. The average Bonchev–Trinajstić information content (AvgIpc) is 2.96. The van der Waals surface area contributed by atoms with Crippen molar-refractivity contribution in [3.8, 4) is 0 Å². The molecule has 0 bridgehead atoms. The molecule has 1 fully saturated rings. The molecule has 5 nitrogen and oxygen atoms in total. The van der Waals surface area contributed by atoms with E-state index in [0.717, 1.165) is 24.1 Å². The second kappa shape index (κ2) is 6.69. The largest absolute Gasteiger partial charge is 0.323 e. The Morgan fingerprint density at radius 3 is 2.59 bits per heavy atom. The van der Waals surface area contributed by atoms with Crippen LogP contribution in [0.4, 0.5) is 10.5 Å². The summed E-state index contributed by atoms with van der Waals surface area (Å²) < 4.78 is 23.2. The van der Waals surface area contributed by atoms with Crippen molar-refractivity contribution < 1.29 is 13.2 Å². The summed E-state index contributed by atoms with van der Waals surface area (Å²) in [7, 11) is -3.09. The van der Waals surface area contributed by atoms with Gasteiger partial charge < -0.3 is 10.2 Å². The Bertz CT molecular complexity index is 655. The standard InChI is InChI=1S/C16H24N2O3S/c1-4-12-7-6-8-15(14(12)5-2)17-16(19)18-10-9-13(11-18)22(3,20)21/h6-8,13H,4-5,9-11H2,1-3H3,(H,17,19)/t13-/m1/s1. The molecule has 1 aromatic carbocycles. The summed E-state index contributed by atoms with van der Waals surface area (Å²) in [6, 6.07) is 5.70. The monoisotopic (exact) mass is 324 g/mol. The molecular weight excluding hydrogens is 300 g/mol. The zero-order valence-electron chi connectivity index (χ0n) is 13.4. The number of aryl methyl sites for hydroxylation is 1. The van der Waals surface area contributed by atoms with Gasteiger partial charge in [-0.3, -0.25) is 0 Å². The van der Waals surface area contributed by atoms with E-state index in [4.69, 9.17) is 0 Å². The summed E-state index contributed by atoms with van der Waals surface area (Å²) in [5.41, 5.74) is 3.21. The number of benzene rings is 1. The van der Waals surface area contributed by atoms with E-state index in [1.54, 1.807) is 4.90 Å². The number of hydrogen-bond donors (Lipinski definition) is 1. The van der Waals surface area contributed by atoms with Gasteiger partial charge in [-0.15, -0.1) is 0 Å². The molecule has 1 aromatic rings. The first kappa shape index (κ1) is 16.8. The number of anilines is 1. The van der Waals surface area contributed by atoms with Gasteiger partial charge in [-0.1, -0.05) is 26.0 Å². The van der Waals surface area contributed by atoms with Crippen molar-refractivity contribution in [3.63, 3.8) is 0 Å². The Hall–Kier alpha value is -1.56. The average molecular weight is 324 g/mol. The van der Waals surface area contributed by atoms with Crippen LogP contribution in [0.5, 0.6) is 0 Å². The molecule has 1 N–H and O–H groups in total. The molecule has 1 atom stereocenters. The maximum Gasteiger partial charge on any atom is 0.321 e. The van der Waals surface area contributed by atoms with Crippen LogP contribution in [0.25, 0.3) is 0 Å². The fraction of sp³-hybridized carbons (Fsp3) is 0.562. The molecule has 2 amide bonds. The Kier molecular flexibility index (Phi) is 5.11. The van der Waals surface area contributed by atoms with Crippen LogP contribution < -0.4 is 5.32 Å². The number of sulfone groups is 1. The minimum absolute atomic E-state index is 0.214. The predicted molar refractivity (Wildman–Crippen MR) is 89.0 cm³/mol. The molecule has 1 saturated heterocycles. The smallest absolute Gasteiger partial charge is 0.321 e. The number of carbonyl (C=O) groups excluding carboxylic acids is 1. The van der Waals surface area contributed by atoms with Crippen molar-refractivity contribution in [2.75, 3.05) is 24.7 Å². The fourth-order valence-electron chi connectivity index (χ4n) is 2.96. The normalized spacial score (nSPS) is 18.5. The number of likely N-dealkylation sites (tertiary alicyclic amines) is 1. The first-order valence-corrected chi connectivity index (χ1v) is 9.67. The fourth-order valence-corrected chi connectivity index (χ4v) is 3.94. The van der Waals surface area contributed by atoms with Crippen LogP contribution in [0.15, 0.2) is 18.2 Å². The lowest BCUT2D eigenvalue weighted by atomic mass is 10.0. The molecule has 2 rings (SSSR count). The molecule has 122 valence electrons. The third kappa shape index (κ3) is 3.61. The summed E-state index contributed by atoms with van der Waals surface area (Å²) in [5, 5.41) is 2.50. The van der Waals surface area contributed by atoms with Gasteiger partial charge in [-0.05, 0) is 36.5 Å². The summed E-state index contributed by atoms with van der Waals surface area (Å²) >= 11 is 0. The molecule has 1 heterocycles. The number of nitrogens with one attached hydrogen (secondary N) is 1. The summed E-state index contributed by atoms with van der Waals surface area (Å²) in [5.74, 6) is 0. The molecular formula is C16H24N2O3S. The van der Waals surface area contributed by atoms with Crippen molar-refractivity contribution in [2.24, 2.45) is 0 Å². The van der Waals surface area contributed by atoms with Crippen molar-refractivity contribution >= 4 is 21.6 Å². The highest BCUT2D eigenvalue weighted by atomic mass is 32.2. The van der Waals surface area contributed by atoms with Crippen LogP contribution in [-0.4, -0.2) is 43.9 Å². The van der Waals surface area contributed by atoms with Crippen molar-refractivity contribution in [1.82, 2.24) is 4.90 Å². The van der Waals surface area contributed by atoms with E-state index in [1.165, 1.54) is 11.8 Å². The third-order valence-electron chi connectivity index (χ3n) is 4.29. The minimum atomic E-state index is -3.09. The number of hydrogen-bond acceptors (Lipinski definition) is 3. The number of urea groups is 1. The molecule has 0 spiro atoms. The first-order valence-electron chi connectivity index (χ1n) is 7.72. The van der Waals surface area contributed by atoms with Crippen LogP contribution in [0.2, 0.25) is 0 Å². The number of rotatable bonds is 4.